The van der Waals surface area contributed by atoms with Gasteiger partial charge in [0.1, 0.15) is 5.82 Å². The highest BCUT2D eigenvalue weighted by atomic mass is 16.5. The molecule has 0 radical (unpaired) electrons. The number of hydrogen-bond donors (Lipinski definition) is 2. The molecule has 1 aromatic heterocycles. The highest BCUT2D eigenvalue weighted by molar-refractivity contribution is 5.73. The number of nitrogens with one attached hydrogen (secondary N) is 2. The van der Waals surface area contributed by atoms with Crippen LogP contribution in [0.4, 0.5) is 5.69 Å². The molecule has 0 spiro atoms. The van der Waals surface area contributed by atoms with Gasteiger partial charge in [0, 0.05) is 24.4 Å². The molecule has 1 atom stereocenters. The van der Waals surface area contributed by atoms with E-state index in [9.17, 15) is 0 Å². The summed E-state index contributed by atoms with van der Waals surface area (Å²) in [7, 11) is 1.72. The van der Waals surface area contributed by atoms with Crippen molar-refractivity contribution < 1.29 is 4.74 Å². The van der Waals surface area contributed by atoms with Gasteiger partial charge < -0.3 is 10.1 Å². The number of H-pyrrole nitrogens is 1. The van der Waals surface area contributed by atoms with Gasteiger partial charge in [0.2, 0.25) is 0 Å². The highest BCUT2D eigenvalue weighted by Crippen LogP contribution is 2.25. The van der Waals surface area contributed by atoms with E-state index in [1.165, 1.54) is 0 Å². The van der Waals surface area contributed by atoms with Crippen molar-refractivity contribution in [2.24, 2.45) is 0 Å². The number of aryl methyl sites for hydroxylation is 1. The van der Waals surface area contributed by atoms with E-state index in [1.54, 1.807) is 7.11 Å². The Morgan fingerprint density at radius 2 is 2.16 bits per heavy atom. The third-order valence-electron chi connectivity index (χ3n) is 2.99. The molecular formula is C14H20N4O. The molecule has 19 heavy (non-hydrogen) atoms. The number of rotatable bonds is 6. The second-order valence-electron chi connectivity index (χ2n) is 4.49. The van der Waals surface area contributed by atoms with E-state index in [2.05, 4.69) is 27.4 Å². The molecule has 0 fully saturated rings. The molecule has 0 saturated carbocycles. The van der Waals surface area contributed by atoms with Crippen molar-refractivity contribution in [3.8, 4) is 11.4 Å². The van der Waals surface area contributed by atoms with Crippen LogP contribution in [-0.2, 0) is 4.74 Å². The van der Waals surface area contributed by atoms with Crippen LogP contribution in [-0.4, -0.2) is 34.9 Å². The summed E-state index contributed by atoms with van der Waals surface area (Å²) in [6, 6.07) is 8.34. The van der Waals surface area contributed by atoms with Gasteiger partial charge in [-0.1, -0.05) is 19.1 Å². The first-order chi connectivity index (χ1) is 9.24. The number of aromatic amines is 1. The van der Waals surface area contributed by atoms with Crippen LogP contribution in [0.25, 0.3) is 11.4 Å². The SMILES string of the molecule is CCC(COC)Nc1ccccc1-c1n[nH]c(C)n1. The van der Waals surface area contributed by atoms with Crippen molar-refractivity contribution in [1.82, 2.24) is 15.2 Å². The van der Waals surface area contributed by atoms with Crippen LogP contribution in [0.5, 0.6) is 0 Å². The molecule has 0 aliphatic rings. The molecule has 2 N–H and O–H groups in total. The third-order valence-corrected chi connectivity index (χ3v) is 2.99. The maximum atomic E-state index is 5.22. The smallest absolute Gasteiger partial charge is 0.183 e. The predicted molar refractivity (Wildman–Crippen MR) is 76.1 cm³/mol. The molecule has 0 aliphatic carbocycles. The summed E-state index contributed by atoms with van der Waals surface area (Å²) in [6.07, 6.45) is 0.995. The van der Waals surface area contributed by atoms with Crippen molar-refractivity contribution in [3.05, 3.63) is 30.1 Å². The van der Waals surface area contributed by atoms with Gasteiger partial charge in [-0.2, -0.15) is 5.10 Å². The molecule has 1 aromatic carbocycles. The van der Waals surface area contributed by atoms with Gasteiger partial charge in [0.25, 0.3) is 0 Å². The Balaban J connectivity index is 2.25. The first-order valence-corrected chi connectivity index (χ1v) is 6.48. The maximum absolute atomic E-state index is 5.22. The number of nitrogens with zero attached hydrogens (tertiary/aromatic N) is 2. The van der Waals surface area contributed by atoms with Crippen LogP contribution in [0.1, 0.15) is 19.2 Å². The maximum Gasteiger partial charge on any atom is 0.183 e. The first kappa shape index (κ1) is 13.5. The van der Waals surface area contributed by atoms with Crippen LogP contribution in [0.15, 0.2) is 24.3 Å². The Morgan fingerprint density at radius 3 is 2.79 bits per heavy atom. The summed E-state index contributed by atoms with van der Waals surface area (Å²) in [4.78, 5) is 4.38. The topological polar surface area (TPSA) is 62.8 Å². The van der Waals surface area contributed by atoms with E-state index in [-0.39, 0.29) is 6.04 Å². The van der Waals surface area contributed by atoms with Crippen LogP contribution < -0.4 is 5.32 Å². The van der Waals surface area contributed by atoms with Crippen molar-refractivity contribution >= 4 is 5.69 Å². The van der Waals surface area contributed by atoms with Crippen LogP contribution >= 0.6 is 0 Å². The van der Waals surface area contributed by atoms with E-state index in [4.69, 9.17) is 4.74 Å². The number of ether oxygens (including phenoxy) is 1. The molecule has 5 nitrogen and oxygen atoms in total. The zero-order chi connectivity index (χ0) is 13.7. The lowest BCUT2D eigenvalue weighted by atomic mass is 10.1. The van der Waals surface area contributed by atoms with Gasteiger partial charge in [-0.3, -0.25) is 5.10 Å². The quantitative estimate of drug-likeness (QED) is 0.838. The van der Waals surface area contributed by atoms with Crippen LogP contribution in [0.2, 0.25) is 0 Å². The van der Waals surface area contributed by atoms with Crippen molar-refractivity contribution in [2.45, 2.75) is 26.3 Å². The van der Waals surface area contributed by atoms with Gasteiger partial charge in [0.05, 0.1) is 6.61 Å². The Labute approximate surface area is 113 Å². The van der Waals surface area contributed by atoms with E-state index in [0.717, 1.165) is 23.5 Å². The zero-order valence-electron chi connectivity index (χ0n) is 11.6. The lowest BCUT2D eigenvalue weighted by Gasteiger charge is -2.18. The average molecular weight is 260 g/mol. The lowest BCUT2D eigenvalue weighted by Crippen LogP contribution is -2.24. The summed E-state index contributed by atoms with van der Waals surface area (Å²) in [6.45, 7) is 4.71. The second-order valence-corrected chi connectivity index (χ2v) is 4.49. The Kier molecular flexibility index (Phi) is 4.52. The van der Waals surface area contributed by atoms with Crippen molar-refractivity contribution in [1.29, 1.82) is 0 Å². The summed E-state index contributed by atoms with van der Waals surface area (Å²) >= 11 is 0. The average Bonchev–Trinajstić information content (AvgIpc) is 2.85. The molecular weight excluding hydrogens is 240 g/mol. The molecule has 0 saturated heterocycles. The minimum Gasteiger partial charge on any atom is -0.383 e. The fourth-order valence-corrected chi connectivity index (χ4v) is 1.95. The Bertz CT molecular complexity index is 524. The minimum atomic E-state index is 0.284. The predicted octanol–water partition coefficient (Wildman–Crippen LogP) is 2.62. The number of hydrogen-bond acceptors (Lipinski definition) is 4. The molecule has 2 rings (SSSR count). The minimum absolute atomic E-state index is 0.284. The summed E-state index contributed by atoms with van der Waals surface area (Å²) in [5.41, 5.74) is 2.03. The normalized spacial score (nSPS) is 12.4. The Morgan fingerprint density at radius 1 is 1.37 bits per heavy atom. The van der Waals surface area contributed by atoms with Crippen LogP contribution in [0, 0.1) is 6.92 Å². The van der Waals surface area contributed by atoms with E-state index in [0.29, 0.717) is 12.4 Å². The highest BCUT2D eigenvalue weighted by Gasteiger charge is 2.12. The molecule has 0 bridgehead atoms. The third kappa shape index (κ3) is 3.32. The molecule has 2 aromatic rings. The molecule has 102 valence electrons. The second kappa shape index (κ2) is 6.33. The van der Waals surface area contributed by atoms with Crippen molar-refractivity contribution in [3.63, 3.8) is 0 Å². The van der Waals surface area contributed by atoms with Gasteiger partial charge in [-0.25, -0.2) is 4.98 Å². The van der Waals surface area contributed by atoms with Gasteiger partial charge in [-0.05, 0) is 25.5 Å². The number of benzene rings is 1. The molecule has 5 heteroatoms. The molecule has 1 unspecified atom stereocenters. The summed E-state index contributed by atoms with van der Waals surface area (Å²) in [5.74, 6) is 1.53. The van der Waals surface area contributed by atoms with Crippen molar-refractivity contribution in [2.75, 3.05) is 19.0 Å². The lowest BCUT2D eigenvalue weighted by molar-refractivity contribution is 0.184. The first-order valence-electron chi connectivity index (χ1n) is 6.48. The van der Waals surface area contributed by atoms with E-state index in [1.807, 2.05) is 31.2 Å². The summed E-state index contributed by atoms with van der Waals surface area (Å²) < 4.78 is 5.22. The Hall–Kier alpha value is -1.88. The van der Waals surface area contributed by atoms with Gasteiger partial charge >= 0.3 is 0 Å². The fourth-order valence-electron chi connectivity index (χ4n) is 1.95. The van der Waals surface area contributed by atoms with Gasteiger partial charge in [-0.15, -0.1) is 0 Å². The largest absolute Gasteiger partial charge is 0.383 e. The molecule has 0 aliphatic heterocycles. The fraction of sp³-hybridized carbons (Fsp3) is 0.429. The number of methoxy groups -OCH3 is 1. The number of anilines is 1. The monoisotopic (exact) mass is 260 g/mol. The van der Waals surface area contributed by atoms with Gasteiger partial charge in [0.15, 0.2) is 5.82 Å². The molecule has 0 amide bonds. The van der Waals surface area contributed by atoms with E-state index < -0.39 is 0 Å². The standard InChI is InChI=1S/C14H20N4O/c1-4-11(9-19-3)16-13-8-6-5-7-12(13)14-15-10(2)17-18-14/h5-8,11,16H,4,9H2,1-3H3,(H,15,17,18). The zero-order valence-corrected chi connectivity index (χ0v) is 11.6. The molecule has 1 heterocycles. The number of aromatic nitrogens is 3. The number of para-hydroxylation sites is 1. The summed E-state index contributed by atoms with van der Waals surface area (Å²) in [5, 5.41) is 10.6. The van der Waals surface area contributed by atoms with Crippen LogP contribution in [0.3, 0.4) is 0 Å². The van der Waals surface area contributed by atoms with E-state index >= 15 is 0 Å².